The number of nitrogens with zero attached hydrogens (tertiary/aromatic N) is 1. The van der Waals surface area contributed by atoms with Crippen LogP contribution in [-0.2, 0) is 0 Å². The number of hydrogen-bond donors (Lipinski definition) is 1. The van der Waals surface area contributed by atoms with Gasteiger partial charge < -0.3 is 14.8 Å². The summed E-state index contributed by atoms with van der Waals surface area (Å²) in [7, 11) is 3.01. The van der Waals surface area contributed by atoms with E-state index in [1.54, 1.807) is 18.2 Å². The first-order valence-electron chi connectivity index (χ1n) is 6.33. The van der Waals surface area contributed by atoms with Crippen molar-refractivity contribution in [1.29, 1.82) is 0 Å². The van der Waals surface area contributed by atoms with Crippen molar-refractivity contribution in [3.8, 4) is 11.5 Å². The summed E-state index contributed by atoms with van der Waals surface area (Å²) < 4.78 is 10.3. The van der Waals surface area contributed by atoms with Crippen molar-refractivity contribution in [2.75, 3.05) is 19.5 Å². The largest absolute Gasteiger partial charge is 0.497 e. The van der Waals surface area contributed by atoms with Crippen molar-refractivity contribution in [3.05, 3.63) is 58.1 Å². The Hall–Kier alpha value is -3.09. The zero-order valence-corrected chi connectivity index (χ0v) is 12.0. The average molecular weight is 302 g/mol. The van der Waals surface area contributed by atoms with Crippen LogP contribution in [0.2, 0.25) is 0 Å². The Morgan fingerprint density at radius 2 is 1.77 bits per heavy atom. The Labute approximate surface area is 126 Å². The molecule has 2 aromatic carbocycles. The van der Waals surface area contributed by atoms with Crippen molar-refractivity contribution in [3.63, 3.8) is 0 Å². The van der Waals surface area contributed by atoms with Gasteiger partial charge in [0, 0.05) is 23.8 Å². The molecule has 0 atom stereocenters. The van der Waals surface area contributed by atoms with Crippen LogP contribution in [0.5, 0.6) is 11.5 Å². The van der Waals surface area contributed by atoms with Gasteiger partial charge in [0.25, 0.3) is 11.6 Å². The quantitative estimate of drug-likeness (QED) is 0.677. The number of anilines is 1. The van der Waals surface area contributed by atoms with E-state index in [1.807, 2.05) is 0 Å². The van der Waals surface area contributed by atoms with Crippen LogP contribution in [0.4, 0.5) is 11.4 Å². The van der Waals surface area contributed by atoms with E-state index in [1.165, 1.54) is 38.5 Å². The van der Waals surface area contributed by atoms with Crippen LogP contribution in [0.15, 0.2) is 42.5 Å². The van der Waals surface area contributed by atoms with Crippen molar-refractivity contribution in [1.82, 2.24) is 0 Å². The second-order valence-electron chi connectivity index (χ2n) is 4.32. The van der Waals surface area contributed by atoms with Gasteiger partial charge in [0.2, 0.25) is 0 Å². The summed E-state index contributed by atoms with van der Waals surface area (Å²) in [6.45, 7) is 0. The Kier molecular flexibility index (Phi) is 4.57. The number of carbonyl (C=O) groups excluding carboxylic acids is 1. The number of nitro groups is 1. The third kappa shape index (κ3) is 3.32. The van der Waals surface area contributed by atoms with E-state index in [0.29, 0.717) is 22.7 Å². The molecule has 0 fully saturated rings. The molecule has 7 nitrogen and oxygen atoms in total. The fourth-order valence-electron chi connectivity index (χ4n) is 1.83. The smallest absolute Gasteiger partial charge is 0.269 e. The Morgan fingerprint density at radius 3 is 2.32 bits per heavy atom. The topological polar surface area (TPSA) is 90.7 Å². The van der Waals surface area contributed by atoms with Gasteiger partial charge in [-0.3, -0.25) is 14.9 Å². The van der Waals surface area contributed by atoms with Crippen LogP contribution >= 0.6 is 0 Å². The zero-order chi connectivity index (χ0) is 16.1. The van der Waals surface area contributed by atoms with Gasteiger partial charge in [0.15, 0.2) is 0 Å². The summed E-state index contributed by atoms with van der Waals surface area (Å²) in [4.78, 5) is 22.2. The lowest BCUT2D eigenvalue weighted by atomic mass is 10.2. The van der Waals surface area contributed by atoms with Crippen molar-refractivity contribution >= 4 is 17.3 Å². The highest BCUT2D eigenvalue weighted by Crippen LogP contribution is 2.29. The fraction of sp³-hybridized carbons (Fsp3) is 0.133. The number of nitro benzene ring substituents is 1. The van der Waals surface area contributed by atoms with E-state index in [0.717, 1.165) is 0 Å². The number of nitrogens with one attached hydrogen (secondary N) is 1. The number of non-ortho nitro benzene ring substituents is 1. The van der Waals surface area contributed by atoms with Gasteiger partial charge in [-0.25, -0.2) is 0 Å². The van der Waals surface area contributed by atoms with E-state index in [9.17, 15) is 14.9 Å². The molecular weight excluding hydrogens is 288 g/mol. The minimum absolute atomic E-state index is 0.0708. The van der Waals surface area contributed by atoms with E-state index >= 15 is 0 Å². The molecule has 0 heterocycles. The molecule has 22 heavy (non-hydrogen) atoms. The number of ether oxygens (including phenoxy) is 2. The van der Waals surface area contributed by atoms with Crippen LogP contribution < -0.4 is 14.8 Å². The fourth-order valence-corrected chi connectivity index (χ4v) is 1.83. The molecule has 114 valence electrons. The molecule has 0 aliphatic carbocycles. The molecule has 0 aliphatic heterocycles. The predicted octanol–water partition coefficient (Wildman–Crippen LogP) is 2.86. The Balaban J connectivity index is 2.19. The number of amides is 1. The van der Waals surface area contributed by atoms with Gasteiger partial charge in [-0.1, -0.05) is 0 Å². The third-order valence-electron chi connectivity index (χ3n) is 3.00. The summed E-state index contributed by atoms with van der Waals surface area (Å²) in [6, 6.07) is 10.3. The highest BCUT2D eigenvalue weighted by molar-refractivity contribution is 6.05. The third-order valence-corrected chi connectivity index (χ3v) is 3.00. The van der Waals surface area contributed by atoms with E-state index in [4.69, 9.17) is 9.47 Å². The van der Waals surface area contributed by atoms with Crippen LogP contribution in [-0.4, -0.2) is 25.1 Å². The predicted molar refractivity (Wildman–Crippen MR) is 80.6 cm³/mol. The normalized spacial score (nSPS) is 9.91. The monoisotopic (exact) mass is 302 g/mol. The molecule has 0 aromatic heterocycles. The van der Waals surface area contributed by atoms with Gasteiger partial charge in [-0.05, 0) is 24.3 Å². The molecule has 1 amide bonds. The first-order chi connectivity index (χ1) is 10.5. The van der Waals surface area contributed by atoms with Gasteiger partial charge in [0.05, 0.1) is 24.8 Å². The second kappa shape index (κ2) is 6.57. The molecule has 0 radical (unpaired) electrons. The van der Waals surface area contributed by atoms with Gasteiger partial charge in [-0.15, -0.1) is 0 Å². The highest BCUT2D eigenvalue weighted by Gasteiger charge is 2.12. The maximum atomic E-state index is 12.2. The summed E-state index contributed by atoms with van der Waals surface area (Å²) in [5.41, 5.74) is 0.716. The average Bonchev–Trinajstić information content (AvgIpc) is 2.55. The SMILES string of the molecule is COc1ccc(NC(=O)c2ccc([N+](=O)[O-])cc2)c(OC)c1. The first kappa shape index (κ1) is 15.3. The lowest BCUT2D eigenvalue weighted by molar-refractivity contribution is -0.384. The minimum Gasteiger partial charge on any atom is -0.497 e. The van der Waals surface area contributed by atoms with Crippen LogP contribution in [0.3, 0.4) is 0 Å². The lowest BCUT2D eigenvalue weighted by Gasteiger charge is -2.11. The van der Waals surface area contributed by atoms with Crippen LogP contribution in [0.1, 0.15) is 10.4 Å². The second-order valence-corrected chi connectivity index (χ2v) is 4.32. The van der Waals surface area contributed by atoms with E-state index in [2.05, 4.69) is 5.32 Å². The standard InChI is InChI=1S/C15H14N2O5/c1-21-12-7-8-13(14(9-12)22-2)16-15(18)10-3-5-11(6-4-10)17(19)20/h3-9H,1-2H3,(H,16,18). The van der Waals surface area contributed by atoms with Crippen LogP contribution in [0, 0.1) is 10.1 Å². The minimum atomic E-state index is -0.520. The molecule has 0 unspecified atom stereocenters. The number of rotatable bonds is 5. The lowest BCUT2D eigenvalue weighted by Crippen LogP contribution is -2.12. The van der Waals surface area contributed by atoms with Crippen LogP contribution in [0.25, 0.3) is 0 Å². The summed E-state index contributed by atoms with van der Waals surface area (Å²) in [6.07, 6.45) is 0. The molecule has 0 spiro atoms. The van der Waals surface area contributed by atoms with Gasteiger partial charge in [0.1, 0.15) is 11.5 Å². The molecule has 1 N–H and O–H groups in total. The van der Waals surface area contributed by atoms with Crippen molar-refractivity contribution < 1.29 is 19.2 Å². The van der Waals surface area contributed by atoms with Gasteiger partial charge in [-0.2, -0.15) is 0 Å². The Morgan fingerprint density at radius 1 is 1.09 bits per heavy atom. The molecule has 0 aliphatic rings. The summed E-state index contributed by atoms with van der Waals surface area (Å²) in [5.74, 6) is 0.665. The maximum absolute atomic E-state index is 12.2. The number of hydrogen-bond acceptors (Lipinski definition) is 5. The van der Waals surface area contributed by atoms with E-state index < -0.39 is 10.8 Å². The zero-order valence-electron chi connectivity index (χ0n) is 12.0. The molecular formula is C15H14N2O5. The number of benzene rings is 2. The molecule has 2 aromatic rings. The number of methoxy groups -OCH3 is 2. The number of carbonyl (C=O) groups is 1. The first-order valence-corrected chi connectivity index (χ1v) is 6.33. The van der Waals surface area contributed by atoms with Gasteiger partial charge >= 0.3 is 0 Å². The summed E-state index contributed by atoms with van der Waals surface area (Å²) in [5, 5.41) is 13.3. The van der Waals surface area contributed by atoms with Crippen molar-refractivity contribution in [2.24, 2.45) is 0 Å². The van der Waals surface area contributed by atoms with Crippen molar-refractivity contribution in [2.45, 2.75) is 0 Å². The molecule has 0 bridgehead atoms. The maximum Gasteiger partial charge on any atom is 0.269 e. The van der Waals surface area contributed by atoms with E-state index in [-0.39, 0.29) is 5.69 Å². The molecule has 0 saturated heterocycles. The molecule has 2 rings (SSSR count). The summed E-state index contributed by atoms with van der Waals surface area (Å²) >= 11 is 0. The highest BCUT2D eigenvalue weighted by atomic mass is 16.6. The molecule has 7 heteroatoms. The molecule has 0 saturated carbocycles. The Bertz CT molecular complexity index is 698.